The van der Waals surface area contributed by atoms with Crippen molar-refractivity contribution in [3.63, 3.8) is 0 Å². The summed E-state index contributed by atoms with van der Waals surface area (Å²) in [7, 11) is 1.80. The number of carbonyl (C=O) groups is 2. The van der Waals surface area contributed by atoms with Gasteiger partial charge in [0.05, 0.1) is 11.8 Å². The van der Waals surface area contributed by atoms with E-state index in [9.17, 15) is 9.59 Å². The molecule has 0 bridgehead atoms. The fourth-order valence-corrected chi connectivity index (χ4v) is 4.37. The summed E-state index contributed by atoms with van der Waals surface area (Å²) in [5, 5.41) is 7.05. The van der Waals surface area contributed by atoms with E-state index in [0.717, 1.165) is 25.9 Å². The molecule has 3 aromatic rings. The van der Waals surface area contributed by atoms with Gasteiger partial charge in [0.1, 0.15) is 0 Å². The third-order valence-electron chi connectivity index (χ3n) is 6.27. The highest BCUT2D eigenvalue weighted by atomic mass is 16.2. The molecule has 6 heteroatoms. The summed E-state index contributed by atoms with van der Waals surface area (Å²) < 4.78 is 1.62. The fourth-order valence-electron chi connectivity index (χ4n) is 4.37. The molecule has 0 spiro atoms. The van der Waals surface area contributed by atoms with E-state index in [-0.39, 0.29) is 17.7 Å². The van der Waals surface area contributed by atoms with Crippen molar-refractivity contribution in [1.82, 2.24) is 20.0 Å². The topological polar surface area (TPSA) is 67.2 Å². The van der Waals surface area contributed by atoms with Crippen LogP contribution < -0.4 is 5.32 Å². The van der Waals surface area contributed by atoms with Crippen LogP contribution in [0.5, 0.6) is 0 Å². The molecule has 1 aliphatic rings. The van der Waals surface area contributed by atoms with Gasteiger partial charge in [-0.05, 0) is 29.9 Å². The molecule has 0 radical (unpaired) electrons. The number of hydrogen-bond acceptors (Lipinski definition) is 3. The molecule has 0 saturated carbocycles. The van der Waals surface area contributed by atoms with Gasteiger partial charge in [0, 0.05) is 45.2 Å². The smallest absolute Gasteiger partial charge is 0.254 e. The van der Waals surface area contributed by atoms with Crippen LogP contribution in [0.2, 0.25) is 0 Å². The summed E-state index contributed by atoms with van der Waals surface area (Å²) in [5.74, 6) is 0.547. The minimum Gasteiger partial charge on any atom is -0.352 e. The van der Waals surface area contributed by atoms with Gasteiger partial charge in [-0.2, -0.15) is 5.10 Å². The molecule has 1 aromatic heterocycles. The van der Waals surface area contributed by atoms with Gasteiger partial charge in [-0.1, -0.05) is 60.7 Å². The largest absolute Gasteiger partial charge is 0.352 e. The number of aryl methyl sites for hydroxylation is 1. The van der Waals surface area contributed by atoms with E-state index >= 15 is 0 Å². The third kappa shape index (κ3) is 5.44. The van der Waals surface area contributed by atoms with E-state index in [1.54, 1.807) is 24.1 Å². The highest BCUT2D eigenvalue weighted by molar-refractivity contribution is 5.93. The van der Waals surface area contributed by atoms with Crippen LogP contribution in [-0.2, 0) is 11.8 Å². The molecule has 1 fully saturated rings. The number of rotatable bonds is 7. The van der Waals surface area contributed by atoms with Crippen molar-refractivity contribution in [3.8, 4) is 0 Å². The number of aromatic nitrogens is 2. The maximum Gasteiger partial charge on any atom is 0.254 e. The lowest BCUT2D eigenvalue weighted by atomic mass is 9.87. The van der Waals surface area contributed by atoms with Crippen LogP contribution in [0.4, 0.5) is 0 Å². The first-order chi connectivity index (χ1) is 15.6. The first-order valence-corrected chi connectivity index (χ1v) is 11.2. The second kappa shape index (κ2) is 10.3. The van der Waals surface area contributed by atoms with E-state index in [4.69, 9.17) is 0 Å². The average Bonchev–Trinajstić information content (AvgIpc) is 3.28. The lowest BCUT2D eigenvalue weighted by Gasteiger charge is -2.33. The van der Waals surface area contributed by atoms with Gasteiger partial charge in [0.25, 0.3) is 5.91 Å². The molecule has 2 heterocycles. The van der Waals surface area contributed by atoms with Crippen LogP contribution in [0, 0.1) is 5.92 Å². The predicted octanol–water partition coefficient (Wildman–Crippen LogP) is 3.61. The van der Waals surface area contributed by atoms with Crippen molar-refractivity contribution < 1.29 is 9.59 Å². The summed E-state index contributed by atoms with van der Waals surface area (Å²) in [5.41, 5.74) is 2.91. The number of amides is 2. The number of likely N-dealkylation sites (tertiary alicyclic amines) is 1. The number of carbonyl (C=O) groups excluding carboxylic acids is 2. The Morgan fingerprint density at radius 1 is 1.00 bits per heavy atom. The zero-order valence-electron chi connectivity index (χ0n) is 18.5. The molecule has 6 nitrogen and oxygen atoms in total. The summed E-state index contributed by atoms with van der Waals surface area (Å²) >= 11 is 0. The molecular weight excluding hydrogens is 400 g/mol. The molecule has 2 aromatic carbocycles. The van der Waals surface area contributed by atoms with E-state index in [1.807, 2.05) is 41.3 Å². The van der Waals surface area contributed by atoms with E-state index in [0.29, 0.717) is 24.4 Å². The zero-order chi connectivity index (χ0) is 22.3. The minimum absolute atomic E-state index is 0.0568. The van der Waals surface area contributed by atoms with E-state index in [1.165, 1.54) is 11.1 Å². The van der Waals surface area contributed by atoms with Gasteiger partial charge in [-0.3, -0.25) is 14.3 Å². The molecule has 2 amide bonds. The van der Waals surface area contributed by atoms with Crippen LogP contribution in [0.25, 0.3) is 0 Å². The third-order valence-corrected chi connectivity index (χ3v) is 6.27. The van der Waals surface area contributed by atoms with Gasteiger partial charge in [-0.25, -0.2) is 0 Å². The Hall–Kier alpha value is -3.41. The Labute approximate surface area is 189 Å². The van der Waals surface area contributed by atoms with Crippen molar-refractivity contribution in [1.29, 1.82) is 0 Å². The Kier molecular flexibility index (Phi) is 7.00. The predicted molar refractivity (Wildman–Crippen MR) is 124 cm³/mol. The van der Waals surface area contributed by atoms with Crippen LogP contribution in [0.1, 0.15) is 46.7 Å². The molecule has 0 atom stereocenters. The normalized spacial score (nSPS) is 14.5. The van der Waals surface area contributed by atoms with Gasteiger partial charge in [-0.15, -0.1) is 0 Å². The van der Waals surface area contributed by atoms with Crippen molar-refractivity contribution >= 4 is 11.8 Å². The lowest BCUT2D eigenvalue weighted by molar-refractivity contribution is -0.132. The van der Waals surface area contributed by atoms with Gasteiger partial charge in [0.15, 0.2) is 0 Å². The number of piperidine rings is 1. The minimum atomic E-state index is -0.0924. The van der Waals surface area contributed by atoms with E-state index < -0.39 is 0 Å². The lowest BCUT2D eigenvalue weighted by Crippen LogP contribution is -2.42. The van der Waals surface area contributed by atoms with Crippen molar-refractivity contribution in [2.75, 3.05) is 19.6 Å². The number of benzene rings is 2. The molecule has 1 saturated heterocycles. The summed E-state index contributed by atoms with van der Waals surface area (Å²) in [4.78, 5) is 27.4. The molecule has 1 aliphatic heterocycles. The van der Waals surface area contributed by atoms with Gasteiger partial charge in [0.2, 0.25) is 5.91 Å². The molecule has 1 N–H and O–H groups in total. The Morgan fingerprint density at radius 2 is 1.59 bits per heavy atom. The number of nitrogens with zero attached hydrogens (tertiary/aromatic N) is 3. The number of hydrogen-bond donors (Lipinski definition) is 1. The van der Waals surface area contributed by atoms with Gasteiger partial charge < -0.3 is 10.2 Å². The molecule has 166 valence electrons. The zero-order valence-corrected chi connectivity index (χ0v) is 18.5. The molecule has 32 heavy (non-hydrogen) atoms. The Bertz CT molecular complexity index is 985. The second-order valence-electron chi connectivity index (χ2n) is 8.51. The Morgan fingerprint density at radius 3 is 2.12 bits per heavy atom. The van der Waals surface area contributed by atoms with Crippen molar-refractivity contribution in [2.45, 2.75) is 25.2 Å². The quantitative estimate of drug-likeness (QED) is 0.623. The maximum atomic E-state index is 13.2. The van der Waals surface area contributed by atoms with Crippen LogP contribution in [-0.4, -0.2) is 46.1 Å². The standard InChI is InChI=1S/C26H30N4O2/c1-29-19-23(18-28-29)26(32)27-17-20-12-14-30(15-13-20)25(31)16-24(21-8-4-2-5-9-21)22-10-6-3-7-11-22/h2-11,18-20,24H,12-17H2,1H3,(H,27,32). The first-order valence-electron chi connectivity index (χ1n) is 11.2. The van der Waals surface area contributed by atoms with Crippen molar-refractivity contribution in [3.05, 3.63) is 89.7 Å². The highest BCUT2D eigenvalue weighted by Gasteiger charge is 2.26. The SMILES string of the molecule is Cn1cc(C(=O)NCC2CCN(C(=O)CC(c3ccccc3)c3ccccc3)CC2)cn1. The average molecular weight is 431 g/mol. The molecule has 4 rings (SSSR count). The van der Waals surface area contributed by atoms with E-state index in [2.05, 4.69) is 34.7 Å². The van der Waals surface area contributed by atoms with Crippen molar-refractivity contribution in [2.24, 2.45) is 13.0 Å². The summed E-state index contributed by atoms with van der Waals surface area (Å²) in [6.45, 7) is 2.11. The molecular formula is C26H30N4O2. The second-order valence-corrected chi connectivity index (χ2v) is 8.51. The molecule has 0 unspecified atom stereocenters. The molecule has 0 aliphatic carbocycles. The maximum absolute atomic E-state index is 13.2. The van der Waals surface area contributed by atoms with Gasteiger partial charge >= 0.3 is 0 Å². The monoisotopic (exact) mass is 430 g/mol. The summed E-state index contributed by atoms with van der Waals surface area (Å²) in [6, 6.07) is 20.5. The van der Waals surface area contributed by atoms with Crippen LogP contribution in [0.3, 0.4) is 0 Å². The fraction of sp³-hybridized carbons (Fsp3) is 0.346. The number of nitrogens with one attached hydrogen (secondary N) is 1. The van der Waals surface area contributed by atoms with Crippen LogP contribution >= 0.6 is 0 Å². The summed E-state index contributed by atoms with van der Waals surface area (Å²) in [6.07, 6.45) is 5.57. The highest BCUT2D eigenvalue weighted by Crippen LogP contribution is 2.29. The first kappa shape index (κ1) is 21.8. The van der Waals surface area contributed by atoms with Crippen LogP contribution in [0.15, 0.2) is 73.1 Å². The Balaban J connectivity index is 1.31.